The molecule has 14 nitrogen and oxygen atoms in total. The lowest BCUT2D eigenvalue weighted by molar-refractivity contribution is 0.0450. The van der Waals surface area contributed by atoms with Crippen LogP contribution < -0.4 is 28.7 Å². The van der Waals surface area contributed by atoms with Gasteiger partial charge in [-0.05, 0) is 210 Å². The molecule has 0 saturated heterocycles. The third-order valence-corrected chi connectivity index (χ3v) is 21.8. The molecule has 80 heavy (non-hydrogen) atoms. The Morgan fingerprint density at radius 2 is 0.988 bits per heavy atom. The average molecular weight is 1170 g/mol. The van der Waals surface area contributed by atoms with Crippen molar-refractivity contribution in [2.24, 2.45) is 23.7 Å². The number of allylic oxidation sites excluding steroid dienone is 2. The standard InChI is InChI=1S/2C31H37ClN2O5S/c2*1-20-4-3-13-40(37,38)33-30(36)22-7-11-29-27(16-22)34(17-23-6-9-25(23)28(35)14-20)18-31(19-39-29)12-2-5-21-15-24(32)8-10-26(21)31/h2*7-8,10-11,14-16,23,25,28,35H,2-6,9,12-13,17-19H2,1H3,(H,33,36)/b2*20-14+/t23-,25+,28+,31-;23-,25+,28-,31-/m00/s1. The van der Waals surface area contributed by atoms with Gasteiger partial charge in [-0.25, -0.2) is 26.3 Å². The summed E-state index contributed by atoms with van der Waals surface area (Å²) < 4.78 is 68.3. The van der Waals surface area contributed by atoms with E-state index in [4.69, 9.17) is 32.7 Å². The number of amides is 2. The molecular weight excluding hydrogens is 1100 g/mol. The highest BCUT2D eigenvalue weighted by molar-refractivity contribution is 7.90. The van der Waals surface area contributed by atoms with Crippen molar-refractivity contribution < 1.29 is 46.1 Å². The van der Waals surface area contributed by atoms with Crippen molar-refractivity contribution in [2.45, 2.75) is 127 Å². The minimum atomic E-state index is -3.80. The molecule has 2 saturated carbocycles. The molecule has 4 aromatic rings. The molecule has 8 aliphatic rings. The summed E-state index contributed by atoms with van der Waals surface area (Å²) in [6, 6.07) is 22.7. The summed E-state index contributed by atoms with van der Waals surface area (Å²) in [6.45, 7) is 7.72. The van der Waals surface area contributed by atoms with Crippen LogP contribution >= 0.6 is 23.2 Å². The van der Waals surface area contributed by atoms with Crippen molar-refractivity contribution in [3.63, 3.8) is 0 Å². The van der Waals surface area contributed by atoms with E-state index < -0.39 is 44.1 Å². The quantitative estimate of drug-likeness (QED) is 0.122. The van der Waals surface area contributed by atoms with Crippen molar-refractivity contribution in [3.05, 3.63) is 140 Å². The zero-order valence-corrected chi connectivity index (χ0v) is 48.9. The van der Waals surface area contributed by atoms with Gasteiger partial charge in [0.15, 0.2) is 0 Å². The maximum Gasteiger partial charge on any atom is 0.264 e. The Kier molecular flexibility index (Phi) is 16.3. The normalized spacial score (nSPS) is 31.4. The van der Waals surface area contributed by atoms with Crippen LogP contribution in [-0.2, 0) is 43.7 Å². The molecule has 18 heteroatoms. The third kappa shape index (κ3) is 12.0. The zero-order chi connectivity index (χ0) is 56.1. The van der Waals surface area contributed by atoms with Gasteiger partial charge < -0.3 is 29.5 Å². The first kappa shape index (κ1) is 56.7. The zero-order valence-electron chi connectivity index (χ0n) is 45.7. The SMILES string of the molecule is C/C1=C\[C@@H](O)[C@@H]2CC[C@H]2CN2C[C@@]3(CCCc4cc(Cl)ccc43)COc3ccc(cc32)C(=O)NS(=O)(=O)CCC1.C/C1=C\[C@H](O)[C@@H]2CC[C@H]2CN2C[C@@]3(CCCc4cc(Cl)ccc43)COc3ccc(cc32)C(=O)NS(=O)(=O)CCC1. The Labute approximate surface area is 481 Å². The Hall–Kier alpha value is -5.10. The maximum absolute atomic E-state index is 13.1. The van der Waals surface area contributed by atoms with Crippen molar-refractivity contribution in [1.29, 1.82) is 0 Å². The van der Waals surface area contributed by atoms with Crippen molar-refractivity contribution >= 4 is 66.4 Å². The Morgan fingerprint density at radius 3 is 1.39 bits per heavy atom. The number of aliphatic hydroxyl groups is 2. The number of anilines is 2. The highest BCUT2D eigenvalue weighted by atomic mass is 35.5. The summed E-state index contributed by atoms with van der Waals surface area (Å²) in [5.74, 6) is 0.666. The van der Waals surface area contributed by atoms with E-state index in [1.54, 1.807) is 36.4 Å². The molecule has 8 atom stereocenters. The smallest absolute Gasteiger partial charge is 0.264 e. The maximum atomic E-state index is 13.1. The summed E-state index contributed by atoms with van der Waals surface area (Å²) in [5, 5.41) is 23.7. The second-order valence-corrected chi connectivity index (χ2v) is 28.8. The lowest BCUT2D eigenvalue weighted by Crippen LogP contribution is -2.49. The van der Waals surface area contributed by atoms with Gasteiger partial charge in [-0.3, -0.25) is 9.59 Å². The molecule has 4 N–H and O–H groups in total. The van der Waals surface area contributed by atoms with Crippen LogP contribution in [0.15, 0.2) is 96.1 Å². The number of fused-ring (bicyclic) bond motifs is 8. The molecule has 0 unspecified atom stereocenters. The first-order valence-corrected chi connectivity index (χ1v) is 32.7. The predicted octanol–water partition coefficient (Wildman–Crippen LogP) is 10.00. The monoisotopic (exact) mass is 1170 g/mol. The molecule has 0 aromatic heterocycles. The lowest BCUT2D eigenvalue weighted by Gasteiger charge is -2.45. The highest BCUT2D eigenvalue weighted by Crippen LogP contribution is 2.49. The molecule has 4 heterocycles. The van der Waals surface area contributed by atoms with E-state index in [1.807, 2.05) is 38.1 Å². The molecule has 12 rings (SSSR count). The summed E-state index contributed by atoms with van der Waals surface area (Å²) in [6.07, 6.45) is 14.4. The number of nitrogens with one attached hydrogen (secondary N) is 2. The van der Waals surface area contributed by atoms with Crippen molar-refractivity contribution in [3.8, 4) is 11.5 Å². The summed E-state index contributed by atoms with van der Waals surface area (Å²) >= 11 is 12.7. The van der Waals surface area contributed by atoms with E-state index in [0.29, 0.717) is 75.3 Å². The van der Waals surface area contributed by atoms with E-state index in [2.05, 4.69) is 43.5 Å². The molecule has 4 bridgehead atoms. The molecule has 2 spiro atoms. The number of ether oxygens (including phenoxy) is 2. The number of carbonyl (C=O) groups is 2. The molecule has 2 amide bonds. The van der Waals surface area contributed by atoms with Gasteiger partial charge in [0.2, 0.25) is 20.0 Å². The predicted molar refractivity (Wildman–Crippen MR) is 313 cm³/mol. The van der Waals surface area contributed by atoms with Gasteiger partial charge in [0, 0.05) is 58.2 Å². The number of aryl methyl sites for hydroxylation is 2. The third-order valence-electron chi connectivity index (χ3n) is 18.7. The Bertz CT molecular complexity index is 3130. The minimum absolute atomic E-state index is 0.138. The minimum Gasteiger partial charge on any atom is -0.490 e. The second kappa shape index (κ2) is 22.9. The summed E-state index contributed by atoms with van der Waals surface area (Å²) in [7, 11) is -7.60. The molecular formula is C62H74Cl2N4O10S2. The van der Waals surface area contributed by atoms with Gasteiger partial charge in [0.1, 0.15) is 11.5 Å². The van der Waals surface area contributed by atoms with Gasteiger partial charge in [0.25, 0.3) is 11.8 Å². The molecule has 4 aliphatic carbocycles. The molecule has 4 aromatic carbocycles. The van der Waals surface area contributed by atoms with E-state index in [0.717, 1.165) is 110 Å². The van der Waals surface area contributed by atoms with Crippen LogP contribution in [0.3, 0.4) is 0 Å². The number of sulfonamides is 2. The molecule has 2 fully saturated rings. The lowest BCUT2D eigenvalue weighted by atomic mass is 9.68. The molecule has 428 valence electrons. The number of halogens is 2. The van der Waals surface area contributed by atoms with Gasteiger partial charge in [-0.15, -0.1) is 0 Å². The van der Waals surface area contributed by atoms with Gasteiger partial charge in [0.05, 0.1) is 48.3 Å². The molecule has 4 aliphatic heterocycles. The Morgan fingerprint density at radius 1 is 0.562 bits per heavy atom. The number of hydrogen-bond acceptors (Lipinski definition) is 12. The summed E-state index contributed by atoms with van der Waals surface area (Å²) in [5.41, 5.74) is 8.63. The highest BCUT2D eigenvalue weighted by Gasteiger charge is 2.46. The number of aliphatic hydroxyl groups excluding tert-OH is 2. The fourth-order valence-electron chi connectivity index (χ4n) is 14.2. The largest absolute Gasteiger partial charge is 0.490 e. The number of rotatable bonds is 0. The summed E-state index contributed by atoms with van der Waals surface area (Å²) in [4.78, 5) is 30.9. The van der Waals surface area contributed by atoms with Crippen LogP contribution in [0.5, 0.6) is 11.5 Å². The van der Waals surface area contributed by atoms with Crippen LogP contribution in [0.25, 0.3) is 0 Å². The van der Waals surface area contributed by atoms with E-state index in [-0.39, 0.29) is 45.3 Å². The topological polar surface area (TPSA) is 192 Å². The van der Waals surface area contributed by atoms with Crippen LogP contribution in [0.4, 0.5) is 11.4 Å². The van der Waals surface area contributed by atoms with Gasteiger partial charge >= 0.3 is 0 Å². The van der Waals surface area contributed by atoms with Crippen LogP contribution in [-0.4, -0.2) is 102 Å². The van der Waals surface area contributed by atoms with Crippen molar-refractivity contribution in [1.82, 2.24) is 9.44 Å². The van der Waals surface area contributed by atoms with Crippen molar-refractivity contribution in [2.75, 3.05) is 60.7 Å². The van der Waals surface area contributed by atoms with E-state index in [1.165, 1.54) is 22.3 Å². The first-order valence-electron chi connectivity index (χ1n) is 28.7. The average Bonchev–Trinajstić information content (AvgIpc) is 3.68. The van der Waals surface area contributed by atoms with Crippen LogP contribution in [0, 0.1) is 23.7 Å². The second-order valence-electron chi connectivity index (χ2n) is 24.3. The van der Waals surface area contributed by atoms with E-state index in [9.17, 15) is 36.6 Å². The number of nitrogens with zero attached hydrogens (tertiary/aromatic N) is 2. The van der Waals surface area contributed by atoms with Crippen LogP contribution in [0.2, 0.25) is 10.0 Å². The Balaban J connectivity index is 0.000000169. The first-order chi connectivity index (χ1) is 38.2. The van der Waals surface area contributed by atoms with Crippen LogP contribution in [0.1, 0.15) is 134 Å². The van der Waals surface area contributed by atoms with Gasteiger partial charge in [-0.1, -0.05) is 58.6 Å². The van der Waals surface area contributed by atoms with Gasteiger partial charge in [-0.2, -0.15) is 0 Å². The fourth-order valence-corrected chi connectivity index (χ4v) is 16.6. The fraction of sp³-hybridized carbons (Fsp3) is 0.516. The van der Waals surface area contributed by atoms with E-state index >= 15 is 0 Å². The number of hydrogen-bond donors (Lipinski definition) is 4. The molecule has 0 radical (unpaired) electrons. The number of benzene rings is 4. The number of carbonyl (C=O) groups excluding carboxylic acids is 2.